The summed E-state index contributed by atoms with van der Waals surface area (Å²) in [5.74, 6) is 0. The summed E-state index contributed by atoms with van der Waals surface area (Å²) >= 11 is 5.64. The number of hydrogen-bond donors (Lipinski definition) is 2. The fourth-order valence-corrected chi connectivity index (χ4v) is 2.71. The van der Waals surface area contributed by atoms with E-state index >= 15 is 0 Å². The number of hydrogen-bond acceptors (Lipinski definition) is 4. The van der Waals surface area contributed by atoms with Crippen molar-refractivity contribution in [1.29, 1.82) is 0 Å². The van der Waals surface area contributed by atoms with Crippen molar-refractivity contribution in [3.8, 4) is 0 Å². The average Bonchev–Trinajstić information content (AvgIpc) is 2.35. The van der Waals surface area contributed by atoms with E-state index in [1.807, 2.05) is 0 Å². The van der Waals surface area contributed by atoms with Crippen molar-refractivity contribution in [3.05, 3.63) is 47.2 Å². The third-order valence-electron chi connectivity index (χ3n) is 2.53. The first-order valence-corrected chi connectivity index (χ1v) is 7.25. The molecule has 0 radical (unpaired) electrons. The summed E-state index contributed by atoms with van der Waals surface area (Å²) in [5, 5.41) is 0.297. The Labute approximate surface area is 116 Å². The molecule has 0 spiro atoms. The molecule has 1 aromatic heterocycles. The van der Waals surface area contributed by atoms with Crippen LogP contribution in [0.3, 0.4) is 0 Å². The molecule has 0 aliphatic rings. The third-order valence-corrected chi connectivity index (χ3v) is 4.13. The van der Waals surface area contributed by atoms with Crippen LogP contribution in [0, 0.1) is 6.92 Å². The van der Waals surface area contributed by atoms with Gasteiger partial charge in [-0.1, -0.05) is 11.6 Å². The lowest BCUT2D eigenvalue weighted by molar-refractivity contribution is 0.601. The van der Waals surface area contributed by atoms with Gasteiger partial charge in [-0.3, -0.25) is 4.72 Å². The monoisotopic (exact) mass is 297 g/mol. The van der Waals surface area contributed by atoms with Crippen molar-refractivity contribution >= 4 is 33.0 Å². The first-order valence-electron chi connectivity index (χ1n) is 5.39. The van der Waals surface area contributed by atoms with E-state index < -0.39 is 10.0 Å². The molecular weight excluding hydrogens is 286 g/mol. The van der Waals surface area contributed by atoms with Crippen LogP contribution in [0.2, 0.25) is 5.15 Å². The number of anilines is 2. The lowest BCUT2D eigenvalue weighted by Gasteiger charge is -2.09. The van der Waals surface area contributed by atoms with Crippen LogP contribution in [-0.2, 0) is 10.0 Å². The fraction of sp³-hybridized carbons (Fsp3) is 0.0833. The van der Waals surface area contributed by atoms with Gasteiger partial charge in [-0.05, 0) is 42.8 Å². The van der Waals surface area contributed by atoms with Gasteiger partial charge in [0.1, 0.15) is 5.15 Å². The Morgan fingerprint density at radius 3 is 2.58 bits per heavy atom. The largest absolute Gasteiger partial charge is 0.399 e. The zero-order valence-corrected chi connectivity index (χ0v) is 11.7. The summed E-state index contributed by atoms with van der Waals surface area (Å²) in [6.45, 7) is 1.75. The Kier molecular flexibility index (Phi) is 3.64. The molecule has 3 N–H and O–H groups in total. The number of aryl methyl sites for hydroxylation is 1. The molecule has 2 aromatic rings. The van der Waals surface area contributed by atoms with Gasteiger partial charge in [0.2, 0.25) is 0 Å². The summed E-state index contributed by atoms with van der Waals surface area (Å²) < 4.78 is 26.7. The molecule has 0 atom stereocenters. The molecule has 0 aliphatic carbocycles. The second-order valence-corrected chi connectivity index (χ2v) is 6.06. The number of nitrogens with zero attached hydrogens (tertiary/aromatic N) is 1. The Bertz CT molecular complexity index is 699. The Hall–Kier alpha value is -1.79. The second kappa shape index (κ2) is 5.07. The normalized spacial score (nSPS) is 11.3. The fourth-order valence-electron chi connectivity index (χ4n) is 1.47. The maximum atomic E-state index is 12.1. The highest BCUT2D eigenvalue weighted by atomic mass is 35.5. The topological polar surface area (TPSA) is 85.1 Å². The van der Waals surface area contributed by atoms with Gasteiger partial charge < -0.3 is 5.73 Å². The summed E-state index contributed by atoms with van der Waals surface area (Å²) in [6.07, 6.45) is 1.35. The molecule has 0 saturated carbocycles. The van der Waals surface area contributed by atoms with Gasteiger partial charge in [-0.2, -0.15) is 0 Å². The van der Waals surface area contributed by atoms with Gasteiger partial charge in [-0.25, -0.2) is 13.4 Å². The summed E-state index contributed by atoms with van der Waals surface area (Å²) in [5.41, 5.74) is 7.26. The smallest absolute Gasteiger partial charge is 0.261 e. The predicted molar refractivity (Wildman–Crippen MR) is 75.6 cm³/mol. The molecule has 2 rings (SSSR count). The zero-order chi connectivity index (χ0) is 14.0. The molecule has 0 aliphatic heterocycles. The SMILES string of the molecule is Cc1cc(S(=O)(=O)Nc2ccc(Cl)nc2)ccc1N. The molecule has 5 nitrogen and oxygen atoms in total. The van der Waals surface area contributed by atoms with E-state index in [9.17, 15) is 8.42 Å². The predicted octanol–water partition coefficient (Wildman–Crippen LogP) is 2.43. The molecular formula is C12H12ClN3O2S. The van der Waals surface area contributed by atoms with Crippen molar-refractivity contribution in [2.24, 2.45) is 0 Å². The van der Waals surface area contributed by atoms with Crippen LogP contribution in [0.15, 0.2) is 41.4 Å². The minimum Gasteiger partial charge on any atom is -0.399 e. The van der Waals surface area contributed by atoms with Gasteiger partial charge in [0.05, 0.1) is 16.8 Å². The zero-order valence-electron chi connectivity index (χ0n) is 10.1. The van der Waals surface area contributed by atoms with Crippen LogP contribution in [0.1, 0.15) is 5.56 Å². The Balaban J connectivity index is 2.32. The molecule has 1 aromatic carbocycles. The Morgan fingerprint density at radius 1 is 1.26 bits per heavy atom. The van der Waals surface area contributed by atoms with Gasteiger partial charge in [0, 0.05) is 5.69 Å². The minimum absolute atomic E-state index is 0.147. The molecule has 1 heterocycles. The maximum absolute atomic E-state index is 12.1. The second-order valence-electron chi connectivity index (χ2n) is 3.99. The number of nitrogens with two attached hydrogens (primary N) is 1. The van der Waals surface area contributed by atoms with Crippen LogP contribution in [-0.4, -0.2) is 13.4 Å². The molecule has 0 amide bonds. The van der Waals surface area contributed by atoms with Gasteiger partial charge in [0.15, 0.2) is 0 Å². The maximum Gasteiger partial charge on any atom is 0.261 e. The van der Waals surface area contributed by atoms with Crippen molar-refractivity contribution in [2.75, 3.05) is 10.5 Å². The molecule has 0 saturated heterocycles. The standard InChI is InChI=1S/C12H12ClN3O2S/c1-8-6-10(3-4-11(8)14)19(17,18)16-9-2-5-12(13)15-7-9/h2-7,16H,14H2,1H3. The highest BCUT2D eigenvalue weighted by Gasteiger charge is 2.15. The first kappa shape index (κ1) is 13.6. The number of halogens is 1. The summed E-state index contributed by atoms with van der Waals surface area (Å²) in [7, 11) is -3.65. The third kappa shape index (κ3) is 3.15. The minimum atomic E-state index is -3.65. The molecule has 0 bridgehead atoms. The van der Waals surface area contributed by atoms with Gasteiger partial charge in [0.25, 0.3) is 10.0 Å². The first-order chi connectivity index (χ1) is 8.88. The van der Waals surface area contributed by atoms with E-state index in [0.717, 1.165) is 0 Å². The molecule has 19 heavy (non-hydrogen) atoms. The van der Waals surface area contributed by atoms with E-state index in [0.29, 0.717) is 22.1 Å². The van der Waals surface area contributed by atoms with Crippen molar-refractivity contribution in [2.45, 2.75) is 11.8 Å². The number of nitrogen functional groups attached to an aromatic ring is 1. The number of aromatic nitrogens is 1. The van der Waals surface area contributed by atoms with E-state index in [1.54, 1.807) is 13.0 Å². The number of pyridine rings is 1. The Morgan fingerprint density at radius 2 is 2.00 bits per heavy atom. The van der Waals surface area contributed by atoms with E-state index in [2.05, 4.69) is 9.71 Å². The number of nitrogens with one attached hydrogen (secondary N) is 1. The number of benzene rings is 1. The van der Waals surface area contributed by atoms with Crippen LogP contribution in [0.5, 0.6) is 0 Å². The van der Waals surface area contributed by atoms with Crippen molar-refractivity contribution < 1.29 is 8.42 Å². The van der Waals surface area contributed by atoms with E-state index in [4.69, 9.17) is 17.3 Å². The van der Waals surface area contributed by atoms with Crippen LogP contribution in [0.4, 0.5) is 11.4 Å². The lowest BCUT2D eigenvalue weighted by Crippen LogP contribution is -2.13. The molecule has 0 fully saturated rings. The summed E-state index contributed by atoms with van der Waals surface area (Å²) in [6, 6.07) is 7.57. The molecule has 7 heteroatoms. The molecule has 100 valence electrons. The highest BCUT2D eigenvalue weighted by Crippen LogP contribution is 2.20. The van der Waals surface area contributed by atoms with Crippen LogP contribution >= 0.6 is 11.6 Å². The average molecular weight is 298 g/mol. The lowest BCUT2D eigenvalue weighted by atomic mass is 10.2. The van der Waals surface area contributed by atoms with Crippen LogP contribution < -0.4 is 10.5 Å². The van der Waals surface area contributed by atoms with E-state index in [1.165, 1.54) is 30.5 Å². The van der Waals surface area contributed by atoms with E-state index in [-0.39, 0.29) is 4.90 Å². The number of sulfonamides is 1. The van der Waals surface area contributed by atoms with Gasteiger partial charge >= 0.3 is 0 Å². The number of rotatable bonds is 3. The van der Waals surface area contributed by atoms with Gasteiger partial charge in [-0.15, -0.1) is 0 Å². The highest BCUT2D eigenvalue weighted by molar-refractivity contribution is 7.92. The summed E-state index contributed by atoms with van der Waals surface area (Å²) in [4.78, 5) is 3.95. The van der Waals surface area contributed by atoms with Crippen molar-refractivity contribution in [3.63, 3.8) is 0 Å². The quantitative estimate of drug-likeness (QED) is 0.673. The molecule has 0 unspecified atom stereocenters. The van der Waals surface area contributed by atoms with Crippen LogP contribution in [0.25, 0.3) is 0 Å². The van der Waals surface area contributed by atoms with Crippen molar-refractivity contribution in [1.82, 2.24) is 4.98 Å².